The van der Waals surface area contributed by atoms with E-state index in [0.717, 1.165) is 28.5 Å². The molecule has 4 aromatic rings. The number of halogens is 2. The fourth-order valence-electron chi connectivity index (χ4n) is 2.88. The molecule has 0 aliphatic carbocycles. The average Bonchev–Trinajstić information content (AvgIpc) is 3.07. The molecule has 25 heavy (non-hydrogen) atoms. The van der Waals surface area contributed by atoms with Gasteiger partial charge in [0, 0.05) is 11.1 Å². The van der Waals surface area contributed by atoms with E-state index in [1.54, 1.807) is 0 Å². The highest BCUT2D eigenvalue weighted by Crippen LogP contribution is 2.34. The van der Waals surface area contributed by atoms with Gasteiger partial charge in [-0.05, 0) is 35.0 Å². The molecule has 0 aliphatic rings. The SMILES string of the molecule is OCc1c(-c2ccc3ccccc3c2)noc1-c1ccc(F)c(F)c1. The minimum atomic E-state index is -0.981. The Labute approximate surface area is 142 Å². The van der Waals surface area contributed by atoms with Crippen molar-refractivity contribution in [2.24, 2.45) is 0 Å². The maximum absolute atomic E-state index is 13.5. The van der Waals surface area contributed by atoms with E-state index in [0.29, 0.717) is 16.8 Å². The molecule has 0 spiro atoms. The van der Waals surface area contributed by atoms with Gasteiger partial charge in [0.15, 0.2) is 17.4 Å². The van der Waals surface area contributed by atoms with E-state index in [9.17, 15) is 13.9 Å². The van der Waals surface area contributed by atoms with Crippen molar-refractivity contribution in [2.75, 3.05) is 0 Å². The van der Waals surface area contributed by atoms with E-state index >= 15 is 0 Å². The highest BCUT2D eigenvalue weighted by atomic mass is 19.2. The summed E-state index contributed by atoms with van der Waals surface area (Å²) < 4.78 is 32.0. The molecule has 0 amide bonds. The van der Waals surface area contributed by atoms with Crippen LogP contribution < -0.4 is 0 Å². The van der Waals surface area contributed by atoms with Gasteiger partial charge >= 0.3 is 0 Å². The van der Waals surface area contributed by atoms with Gasteiger partial charge in [-0.3, -0.25) is 0 Å². The number of hydrogen-bond acceptors (Lipinski definition) is 3. The van der Waals surface area contributed by atoms with Crippen LogP contribution in [0.15, 0.2) is 65.2 Å². The Hall–Kier alpha value is -3.05. The van der Waals surface area contributed by atoms with Gasteiger partial charge in [0.1, 0.15) is 5.69 Å². The van der Waals surface area contributed by atoms with E-state index in [2.05, 4.69) is 5.16 Å². The lowest BCUT2D eigenvalue weighted by Crippen LogP contribution is -1.91. The smallest absolute Gasteiger partial charge is 0.173 e. The average molecular weight is 337 g/mol. The number of aliphatic hydroxyl groups excluding tert-OH is 1. The van der Waals surface area contributed by atoms with E-state index in [-0.39, 0.29) is 12.4 Å². The highest BCUT2D eigenvalue weighted by Gasteiger charge is 2.19. The summed E-state index contributed by atoms with van der Waals surface area (Å²) in [5.74, 6) is -1.70. The van der Waals surface area contributed by atoms with Crippen LogP contribution in [0.3, 0.4) is 0 Å². The van der Waals surface area contributed by atoms with E-state index in [1.807, 2.05) is 42.5 Å². The van der Waals surface area contributed by atoms with Crippen LogP contribution in [-0.2, 0) is 6.61 Å². The molecule has 3 nitrogen and oxygen atoms in total. The van der Waals surface area contributed by atoms with Crippen molar-refractivity contribution in [3.05, 3.63) is 77.9 Å². The Bertz CT molecular complexity index is 1070. The molecule has 0 atom stereocenters. The molecule has 4 rings (SSSR count). The first-order valence-corrected chi connectivity index (χ1v) is 7.71. The summed E-state index contributed by atoms with van der Waals surface area (Å²) in [5, 5.41) is 15.9. The number of aromatic nitrogens is 1. The van der Waals surface area contributed by atoms with Crippen molar-refractivity contribution >= 4 is 10.8 Å². The summed E-state index contributed by atoms with van der Waals surface area (Å²) in [6.07, 6.45) is 0. The van der Waals surface area contributed by atoms with Crippen LogP contribution in [0.2, 0.25) is 0 Å². The molecule has 0 radical (unpaired) electrons. The number of nitrogens with zero attached hydrogens (tertiary/aromatic N) is 1. The minimum absolute atomic E-state index is 0.226. The largest absolute Gasteiger partial charge is 0.391 e. The maximum atomic E-state index is 13.5. The van der Waals surface area contributed by atoms with E-state index in [4.69, 9.17) is 4.52 Å². The van der Waals surface area contributed by atoms with Gasteiger partial charge < -0.3 is 9.63 Å². The number of rotatable bonds is 3. The molecular formula is C20H13F2NO2. The van der Waals surface area contributed by atoms with Crippen molar-refractivity contribution in [3.8, 4) is 22.6 Å². The van der Waals surface area contributed by atoms with Crippen LogP contribution in [-0.4, -0.2) is 10.3 Å². The third-order valence-corrected chi connectivity index (χ3v) is 4.15. The van der Waals surface area contributed by atoms with Gasteiger partial charge in [0.2, 0.25) is 0 Å². The molecule has 0 saturated carbocycles. The Morgan fingerprint density at radius 1 is 0.840 bits per heavy atom. The summed E-state index contributed by atoms with van der Waals surface area (Å²) in [7, 11) is 0. The summed E-state index contributed by atoms with van der Waals surface area (Å²) in [4.78, 5) is 0. The minimum Gasteiger partial charge on any atom is -0.391 e. The maximum Gasteiger partial charge on any atom is 0.173 e. The second-order valence-electron chi connectivity index (χ2n) is 5.69. The molecule has 1 heterocycles. The molecule has 5 heteroatoms. The van der Waals surface area contributed by atoms with Gasteiger partial charge in [-0.15, -0.1) is 0 Å². The first-order chi connectivity index (χ1) is 12.2. The molecular weight excluding hydrogens is 324 g/mol. The quantitative estimate of drug-likeness (QED) is 0.576. The van der Waals surface area contributed by atoms with Crippen LogP contribution in [0, 0.1) is 11.6 Å². The van der Waals surface area contributed by atoms with Crippen molar-refractivity contribution in [1.82, 2.24) is 5.16 Å². The van der Waals surface area contributed by atoms with Crippen molar-refractivity contribution < 1.29 is 18.4 Å². The van der Waals surface area contributed by atoms with Gasteiger partial charge in [-0.2, -0.15) is 0 Å². The van der Waals surface area contributed by atoms with E-state index in [1.165, 1.54) is 6.07 Å². The molecule has 0 unspecified atom stereocenters. The zero-order valence-electron chi connectivity index (χ0n) is 13.0. The van der Waals surface area contributed by atoms with Gasteiger partial charge in [-0.25, -0.2) is 8.78 Å². The number of fused-ring (bicyclic) bond motifs is 1. The Kier molecular flexibility index (Phi) is 3.78. The lowest BCUT2D eigenvalue weighted by molar-refractivity contribution is 0.281. The summed E-state index contributed by atoms with van der Waals surface area (Å²) in [6, 6.07) is 17.1. The van der Waals surface area contributed by atoms with Crippen LogP contribution in [0.25, 0.3) is 33.4 Å². The molecule has 0 saturated heterocycles. The van der Waals surface area contributed by atoms with Crippen LogP contribution >= 0.6 is 0 Å². The molecule has 0 fully saturated rings. The zero-order chi connectivity index (χ0) is 17.4. The normalized spacial score (nSPS) is 11.2. The summed E-state index contributed by atoms with van der Waals surface area (Å²) in [6.45, 7) is -0.333. The second-order valence-corrected chi connectivity index (χ2v) is 5.69. The zero-order valence-corrected chi connectivity index (χ0v) is 13.0. The Morgan fingerprint density at radius 2 is 1.60 bits per heavy atom. The molecule has 1 aromatic heterocycles. The van der Waals surface area contributed by atoms with Gasteiger partial charge in [0.25, 0.3) is 0 Å². The first-order valence-electron chi connectivity index (χ1n) is 7.71. The Balaban J connectivity index is 1.85. The van der Waals surface area contributed by atoms with Crippen LogP contribution in [0.1, 0.15) is 5.56 Å². The van der Waals surface area contributed by atoms with Crippen molar-refractivity contribution in [1.29, 1.82) is 0 Å². The predicted molar refractivity (Wildman–Crippen MR) is 90.7 cm³/mol. The standard InChI is InChI=1S/C20H13F2NO2/c21-17-8-7-15(10-18(17)22)20-16(11-24)19(23-25-20)14-6-5-12-3-1-2-4-13(12)9-14/h1-10,24H,11H2. The lowest BCUT2D eigenvalue weighted by Gasteiger charge is -2.04. The van der Waals surface area contributed by atoms with Crippen molar-refractivity contribution in [2.45, 2.75) is 6.61 Å². The van der Waals surface area contributed by atoms with Crippen LogP contribution in [0.5, 0.6) is 0 Å². The first kappa shape index (κ1) is 15.5. The monoisotopic (exact) mass is 337 g/mol. The summed E-state index contributed by atoms with van der Waals surface area (Å²) >= 11 is 0. The Morgan fingerprint density at radius 3 is 2.36 bits per heavy atom. The number of hydrogen-bond donors (Lipinski definition) is 1. The molecule has 0 bridgehead atoms. The summed E-state index contributed by atoms with van der Waals surface area (Å²) in [5.41, 5.74) is 2.01. The number of benzene rings is 3. The fraction of sp³-hybridized carbons (Fsp3) is 0.0500. The number of aliphatic hydroxyl groups is 1. The molecule has 124 valence electrons. The topological polar surface area (TPSA) is 46.3 Å². The lowest BCUT2D eigenvalue weighted by atomic mass is 10.0. The predicted octanol–water partition coefficient (Wildman–Crippen LogP) is 4.93. The third-order valence-electron chi connectivity index (χ3n) is 4.15. The third kappa shape index (κ3) is 2.68. The van der Waals surface area contributed by atoms with E-state index < -0.39 is 11.6 Å². The van der Waals surface area contributed by atoms with Crippen LogP contribution in [0.4, 0.5) is 8.78 Å². The van der Waals surface area contributed by atoms with Gasteiger partial charge in [0.05, 0.1) is 12.2 Å². The highest BCUT2D eigenvalue weighted by molar-refractivity contribution is 5.87. The van der Waals surface area contributed by atoms with Crippen molar-refractivity contribution in [3.63, 3.8) is 0 Å². The second kappa shape index (κ2) is 6.11. The molecule has 3 aromatic carbocycles. The molecule has 0 aliphatic heterocycles. The van der Waals surface area contributed by atoms with Gasteiger partial charge in [-0.1, -0.05) is 41.6 Å². The fourth-order valence-corrected chi connectivity index (χ4v) is 2.88. The molecule has 1 N–H and O–H groups in total.